The van der Waals surface area contributed by atoms with E-state index in [1.54, 1.807) is 0 Å². The van der Waals surface area contributed by atoms with Crippen molar-refractivity contribution in [2.45, 2.75) is 26.2 Å². The number of hydrazine groups is 1. The second-order valence-corrected chi connectivity index (χ2v) is 6.69. The number of non-ortho nitro benzene ring substituents is 1. The van der Waals surface area contributed by atoms with Gasteiger partial charge in [-0.05, 0) is 17.5 Å². The highest BCUT2D eigenvalue weighted by Crippen LogP contribution is 2.28. The molecule has 30 heavy (non-hydrogen) atoms. The van der Waals surface area contributed by atoms with E-state index in [1.165, 1.54) is 18.2 Å². The Bertz CT molecular complexity index is 916. The molecule has 2 rings (SSSR count). The van der Waals surface area contributed by atoms with Gasteiger partial charge >= 0.3 is 5.97 Å². The van der Waals surface area contributed by atoms with Crippen LogP contribution in [0.5, 0.6) is 0 Å². The summed E-state index contributed by atoms with van der Waals surface area (Å²) < 4.78 is 5.14. The van der Waals surface area contributed by atoms with Gasteiger partial charge in [-0.25, -0.2) is 0 Å². The number of nitro benzene ring substituents is 1. The zero-order valence-corrected chi connectivity index (χ0v) is 16.7. The summed E-state index contributed by atoms with van der Waals surface area (Å²) in [5.74, 6) is -2.51. The summed E-state index contributed by atoms with van der Waals surface area (Å²) in [6.45, 7) is 3.32. The first-order chi connectivity index (χ1) is 14.3. The van der Waals surface area contributed by atoms with Crippen LogP contribution < -0.4 is 10.9 Å². The van der Waals surface area contributed by atoms with Crippen LogP contribution in [0.1, 0.15) is 42.1 Å². The monoisotopic (exact) mass is 413 g/mol. The Morgan fingerprint density at radius 2 is 1.77 bits per heavy atom. The second kappa shape index (κ2) is 10.7. The predicted molar refractivity (Wildman–Crippen MR) is 108 cm³/mol. The smallest absolute Gasteiger partial charge is 0.314 e. The van der Waals surface area contributed by atoms with Crippen molar-refractivity contribution in [1.82, 2.24) is 10.9 Å². The van der Waals surface area contributed by atoms with Crippen LogP contribution in [-0.4, -0.2) is 29.3 Å². The average molecular weight is 413 g/mol. The third-order valence-corrected chi connectivity index (χ3v) is 4.61. The number of amides is 2. The first-order valence-corrected chi connectivity index (χ1v) is 9.38. The number of carbonyl (C=O) groups excluding carboxylic acids is 3. The van der Waals surface area contributed by atoms with Crippen LogP contribution in [0.3, 0.4) is 0 Å². The summed E-state index contributed by atoms with van der Waals surface area (Å²) in [6, 6.07) is 14.2. The number of hydrogen-bond acceptors (Lipinski definition) is 6. The molecule has 0 aromatic heterocycles. The van der Waals surface area contributed by atoms with E-state index >= 15 is 0 Å². The molecule has 0 bridgehead atoms. The van der Waals surface area contributed by atoms with Gasteiger partial charge in [0.15, 0.2) is 6.61 Å². The van der Waals surface area contributed by atoms with Crippen LogP contribution in [0, 0.1) is 16.0 Å². The van der Waals surface area contributed by atoms with Crippen molar-refractivity contribution in [2.24, 2.45) is 5.92 Å². The van der Waals surface area contributed by atoms with Crippen LogP contribution in [-0.2, 0) is 14.3 Å². The Balaban J connectivity index is 1.90. The quantitative estimate of drug-likeness (QED) is 0.389. The number of nitrogens with one attached hydrogen (secondary N) is 2. The maximum Gasteiger partial charge on any atom is 0.314 e. The number of ether oxygens (including phenoxy) is 1. The molecule has 2 N–H and O–H groups in total. The minimum absolute atomic E-state index is 0.00223. The Kier molecular flexibility index (Phi) is 8.04. The largest absolute Gasteiger partial charge is 0.455 e. The number of benzene rings is 2. The molecule has 2 amide bonds. The predicted octanol–water partition coefficient (Wildman–Crippen LogP) is 2.73. The van der Waals surface area contributed by atoms with Crippen molar-refractivity contribution in [3.8, 4) is 0 Å². The summed E-state index contributed by atoms with van der Waals surface area (Å²) in [6.07, 6.45) is 0.750. The molecule has 0 saturated heterocycles. The van der Waals surface area contributed by atoms with Crippen LogP contribution in [0.15, 0.2) is 54.6 Å². The first-order valence-electron chi connectivity index (χ1n) is 9.38. The highest BCUT2D eigenvalue weighted by molar-refractivity contribution is 5.96. The molecule has 0 heterocycles. The number of hydrogen-bond donors (Lipinski definition) is 2. The van der Waals surface area contributed by atoms with Crippen molar-refractivity contribution >= 4 is 23.5 Å². The first kappa shape index (κ1) is 22.5. The minimum Gasteiger partial charge on any atom is -0.455 e. The van der Waals surface area contributed by atoms with Crippen molar-refractivity contribution in [1.29, 1.82) is 0 Å². The average Bonchev–Trinajstić information content (AvgIpc) is 2.76. The maximum atomic E-state index is 12.6. The molecule has 158 valence electrons. The van der Waals surface area contributed by atoms with Gasteiger partial charge in [0.2, 0.25) is 0 Å². The number of nitrogens with zero attached hydrogens (tertiary/aromatic N) is 1. The standard InChI is InChI=1S/C21H23N3O6/c1-3-14(2)19(15-8-5-4-6-9-15)21(27)30-13-18(25)22-23-20(26)16-10-7-11-17(12-16)24(28)29/h4-12,14,19H,3,13H2,1-2H3,(H,22,25)(H,23,26). The minimum atomic E-state index is -0.738. The van der Waals surface area contributed by atoms with Gasteiger partial charge in [0, 0.05) is 17.7 Å². The van der Waals surface area contributed by atoms with Crippen molar-refractivity contribution in [2.75, 3.05) is 6.61 Å². The van der Waals surface area contributed by atoms with Gasteiger partial charge in [-0.15, -0.1) is 0 Å². The molecule has 2 aromatic rings. The number of esters is 1. The SMILES string of the molecule is CCC(C)C(C(=O)OCC(=O)NNC(=O)c1cccc([N+](=O)[O-])c1)c1ccccc1. The molecule has 0 aliphatic carbocycles. The van der Waals surface area contributed by atoms with Gasteiger partial charge in [0.05, 0.1) is 10.8 Å². The van der Waals surface area contributed by atoms with Crippen LogP contribution in [0.4, 0.5) is 5.69 Å². The van der Waals surface area contributed by atoms with Crippen LogP contribution in [0.2, 0.25) is 0 Å². The normalized spacial score (nSPS) is 12.3. The highest BCUT2D eigenvalue weighted by atomic mass is 16.6. The number of carbonyl (C=O) groups is 3. The topological polar surface area (TPSA) is 128 Å². The third-order valence-electron chi connectivity index (χ3n) is 4.61. The molecule has 2 atom stereocenters. The number of rotatable bonds is 8. The fourth-order valence-electron chi connectivity index (χ4n) is 2.81. The zero-order valence-electron chi connectivity index (χ0n) is 16.7. The lowest BCUT2D eigenvalue weighted by molar-refractivity contribution is -0.384. The molecule has 0 radical (unpaired) electrons. The van der Waals surface area contributed by atoms with E-state index in [1.807, 2.05) is 44.2 Å². The lowest BCUT2D eigenvalue weighted by Gasteiger charge is -2.21. The van der Waals surface area contributed by atoms with Crippen LogP contribution >= 0.6 is 0 Å². The fraction of sp³-hybridized carbons (Fsp3) is 0.286. The molecule has 9 heteroatoms. The molecule has 2 unspecified atom stereocenters. The van der Waals surface area contributed by atoms with E-state index in [0.717, 1.165) is 18.1 Å². The highest BCUT2D eigenvalue weighted by Gasteiger charge is 2.27. The van der Waals surface area contributed by atoms with E-state index in [9.17, 15) is 24.5 Å². The zero-order chi connectivity index (χ0) is 22.1. The van der Waals surface area contributed by atoms with Gasteiger partial charge in [-0.3, -0.25) is 35.3 Å². The van der Waals surface area contributed by atoms with Gasteiger partial charge < -0.3 is 4.74 Å². The second-order valence-electron chi connectivity index (χ2n) is 6.69. The van der Waals surface area contributed by atoms with E-state index in [2.05, 4.69) is 10.9 Å². The van der Waals surface area contributed by atoms with Crippen molar-refractivity contribution in [3.63, 3.8) is 0 Å². The van der Waals surface area contributed by atoms with Crippen molar-refractivity contribution < 1.29 is 24.0 Å². The van der Waals surface area contributed by atoms with Gasteiger partial charge in [0.25, 0.3) is 17.5 Å². The van der Waals surface area contributed by atoms with Gasteiger partial charge in [-0.2, -0.15) is 0 Å². The van der Waals surface area contributed by atoms with Crippen molar-refractivity contribution in [3.05, 3.63) is 75.8 Å². The Labute approximate surface area is 173 Å². The summed E-state index contributed by atoms with van der Waals surface area (Å²) in [4.78, 5) is 46.7. The van der Waals surface area contributed by atoms with E-state index in [0.29, 0.717) is 0 Å². The Morgan fingerprint density at radius 3 is 2.40 bits per heavy atom. The lowest BCUT2D eigenvalue weighted by Crippen LogP contribution is -2.43. The summed E-state index contributed by atoms with van der Waals surface area (Å²) >= 11 is 0. The molecule has 2 aromatic carbocycles. The Hall–Kier alpha value is -3.75. The summed E-state index contributed by atoms with van der Waals surface area (Å²) in [7, 11) is 0. The van der Waals surface area contributed by atoms with Gasteiger partial charge in [0.1, 0.15) is 0 Å². The lowest BCUT2D eigenvalue weighted by atomic mass is 9.86. The molecule has 0 saturated carbocycles. The fourth-order valence-corrected chi connectivity index (χ4v) is 2.81. The molecule has 0 aliphatic rings. The van der Waals surface area contributed by atoms with E-state index < -0.39 is 35.2 Å². The van der Waals surface area contributed by atoms with E-state index in [-0.39, 0.29) is 17.2 Å². The molecular formula is C21H23N3O6. The number of nitro groups is 1. The van der Waals surface area contributed by atoms with Crippen LogP contribution in [0.25, 0.3) is 0 Å². The molecule has 0 spiro atoms. The molecule has 9 nitrogen and oxygen atoms in total. The molecule has 0 aliphatic heterocycles. The Morgan fingerprint density at radius 1 is 1.07 bits per heavy atom. The molecule has 0 fully saturated rings. The van der Waals surface area contributed by atoms with Gasteiger partial charge in [-0.1, -0.05) is 56.7 Å². The summed E-state index contributed by atoms with van der Waals surface area (Å²) in [5.41, 5.74) is 4.81. The maximum absolute atomic E-state index is 12.6. The summed E-state index contributed by atoms with van der Waals surface area (Å²) in [5, 5.41) is 10.8. The van der Waals surface area contributed by atoms with E-state index in [4.69, 9.17) is 4.74 Å². The molecular weight excluding hydrogens is 390 g/mol. The third kappa shape index (κ3) is 6.13.